The van der Waals surface area contributed by atoms with Crippen molar-refractivity contribution in [2.75, 3.05) is 34.3 Å². The number of carbonyl (C=O) groups excluding carboxylic acids is 3. The van der Waals surface area contributed by atoms with Gasteiger partial charge in [-0.15, -0.1) is 0 Å². The average molecular weight is 578 g/mol. The maximum Gasteiger partial charge on any atom is 0.255 e. The van der Waals surface area contributed by atoms with Crippen LogP contribution in [0.4, 0.5) is 0 Å². The van der Waals surface area contributed by atoms with E-state index >= 15 is 0 Å². The average Bonchev–Trinajstić information content (AvgIpc) is 2.93. The van der Waals surface area contributed by atoms with Crippen molar-refractivity contribution in [3.63, 3.8) is 0 Å². The summed E-state index contributed by atoms with van der Waals surface area (Å²) >= 11 is 0. The fourth-order valence-corrected chi connectivity index (χ4v) is 6.48. The number of aliphatic hydroxyl groups excluding tert-OH is 2. The fourth-order valence-electron chi connectivity index (χ4n) is 6.48. The van der Waals surface area contributed by atoms with Gasteiger partial charge in [0, 0.05) is 43.1 Å². The summed E-state index contributed by atoms with van der Waals surface area (Å²) in [5.74, 6) is -6.00. The molecule has 42 heavy (non-hydrogen) atoms. The first kappa shape index (κ1) is 29.3. The van der Waals surface area contributed by atoms with Crippen molar-refractivity contribution in [1.82, 2.24) is 10.2 Å². The number of hydrogen-bond donors (Lipinski definition) is 6. The SMILES string of the molecule is COc1ccc(CNCCN(C)C)cc1-c1ccc(O)c2c1C[C@H]1C[C@H]3CC(=O)C(C(N)=O)=C(O)[C@@]3(O)C(=O)C1=C2O. The van der Waals surface area contributed by atoms with Crippen LogP contribution in [-0.2, 0) is 27.3 Å². The van der Waals surface area contributed by atoms with Crippen LogP contribution in [0.5, 0.6) is 11.5 Å². The van der Waals surface area contributed by atoms with Crippen LogP contribution in [0.1, 0.15) is 29.5 Å². The van der Waals surface area contributed by atoms with Crippen LogP contribution in [0.25, 0.3) is 16.9 Å². The number of nitrogens with one attached hydrogen (secondary N) is 1. The van der Waals surface area contributed by atoms with E-state index in [4.69, 9.17) is 10.5 Å². The topological polar surface area (TPSA) is 183 Å². The van der Waals surface area contributed by atoms with Crippen LogP contribution >= 0.6 is 0 Å². The monoisotopic (exact) mass is 577 g/mol. The smallest absolute Gasteiger partial charge is 0.255 e. The van der Waals surface area contributed by atoms with Gasteiger partial charge in [0.25, 0.3) is 5.91 Å². The summed E-state index contributed by atoms with van der Waals surface area (Å²) in [5.41, 5.74) is 4.70. The molecule has 0 unspecified atom stereocenters. The maximum absolute atomic E-state index is 13.8. The van der Waals surface area contributed by atoms with E-state index < -0.39 is 52.0 Å². The molecule has 1 fully saturated rings. The predicted octanol–water partition coefficient (Wildman–Crippen LogP) is 1.75. The highest BCUT2D eigenvalue weighted by Gasteiger charge is 2.60. The number of fused-ring (bicyclic) bond motifs is 3. The molecule has 3 aliphatic rings. The molecule has 0 saturated heterocycles. The number of likely N-dealkylation sites (N-methyl/N-ethyl adjacent to an activating group) is 1. The van der Waals surface area contributed by atoms with Gasteiger partial charge in [-0.05, 0) is 67.7 Å². The number of nitrogens with zero attached hydrogens (tertiary/aromatic N) is 1. The van der Waals surface area contributed by atoms with Crippen molar-refractivity contribution in [3.8, 4) is 22.6 Å². The van der Waals surface area contributed by atoms with E-state index in [9.17, 15) is 34.8 Å². The van der Waals surface area contributed by atoms with E-state index in [-0.39, 0.29) is 36.1 Å². The van der Waals surface area contributed by atoms with Crippen molar-refractivity contribution in [2.24, 2.45) is 17.6 Å². The zero-order valence-corrected chi connectivity index (χ0v) is 23.7. The zero-order chi connectivity index (χ0) is 30.5. The molecule has 0 spiro atoms. The standard InChI is InChI=1S/C31H35N3O8/c1-34(2)9-8-33-14-15-4-7-23(42-3)19(10-15)18-5-6-21(35)25-20(18)12-16-11-17-13-22(36)26(30(32)40)29(39)31(17,41)28(38)24(16)27(25)37/h4-7,10,16-17,33,35,37,39,41H,8-9,11-14H2,1-3H3,(H2,32,40)/t16-,17+,31+/m1/s1. The Morgan fingerprint density at radius 3 is 2.52 bits per heavy atom. The molecular formula is C31H35N3O8. The number of rotatable bonds is 8. The Kier molecular flexibility index (Phi) is 7.61. The normalized spacial score (nSPS) is 23.5. The van der Waals surface area contributed by atoms with E-state index in [1.807, 2.05) is 32.3 Å². The van der Waals surface area contributed by atoms with Crippen molar-refractivity contribution < 1.29 is 39.5 Å². The lowest BCUT2D eigenvalue weighted by Crippen LogP contribution is -2.58. The second kappa shape index (κ2) is 10.9. The lowest BCUT2D eigenvalue weighted by Gasteiger charge is -2.46. The van der Waals surface area contributed by atoms with E-state index in [1.54, 1.807) is 13.2 Å². The number of phenols is 1. The van der Waals surface area contributed by atoms with E-state index in [0.29, 0.717) is 23.4 Å². The first-order valence-corrected chi connectivity index (χ1v) is 13.7. The minimum atomic E-state index is -2.60. The number of aromatic hydroxyl groups is 1. The number of methoxy groups -OCH3 is 1. The van der Waals surface area contributed by atoms with Gasteiger partial charge in [0.2, 0.25) is 5.78 Å². The molecule has 0 bridgehead atoms. The molecule has 11 nitrogen and oxygen atoms in total. The minimum absolute atomic E-state index is 0.0381. The molecular weight excluding hydrogens is 542 g/mol. The fraction of sp³-hybridized carbons (Fsp3) is 0.387. The number of nitrogens with two attached hydrogens (primary N) is 1. The number of amides is 1. The highest BCUT2D eigenvalue weighted by Crippen LogP contribution is 2.53. The Bertz CT molecular complexity index is 1560. The molecule has 11 heteroatoms. The molecule has 0 heterocycles. The molecule has 2 aromatic rings. The largest absolute Gasteiger partial charge is 0.508 e. The molecule has 222 valence electrons. The van der Waals surface area contributed by atoms with Gasteiger partial charge < -0.3 is 41.1 Å². The Labute approximate surface area is 242 Å². The van der Waals surface area contributed by atoms with Gasteiger partial charge in [-0.2, -0.15) is 0 Å². The molecule has 3 aliphatic carbocycles. The number of aliphatic hydroxyl groups is 3. The third-order valence-corrected chi connectivity index (χ3v) is 8.57. The summed E-state index contributed by atoms with van der Waals surface area (Å²) < 4.78 is 5.66. The summed E-state index contributed by atoms with van der Waals surface area (Å²) in [4.78, 5) is 40.3. The quantitative estimate of drug-likeness (QED) is 0.200. The number of Topliss-reactive ketones (excluding diaryl/α,β-unsaturated/α-hetero) is 2. The number of benzene rings is 2. The lowest BCUT2D eigenvalue weighted by atomic mass is 9.59. The Balaban J connectivity index is 1.60. The summed E-state index contributed by atoms with van der Waals surface area (Å²) in [6.07, 6.45) is -0.108. The Hall–Kier alpha value is -4.19. The molecule has 1 saturated carbocycles. The van der Waals surface area contributed by atoms with Crippen LogP contribution in [0.15, 0.2) is 47.2 Å². The summed E-state index contributed by atoms with van der Waals surface area (Å²) in [5, 5.41) is 47.9. The Morgan fingerprint density at radius 1 is 1.12 bits per heavy atom. The van der Waals surface area contributed by atoms with E-state index in [2.05, 4.69) is 10.2 Å². The van der Waals surface area contributed by atoms with Gasteiger partial charge in [-0.3, -0.25) is 14.4 Å². The summed E-state index contributed by atoms with van der Waals surface area (Å²) in [6.45, 7) is 2.28. The van der Waals surface area contributed by atoms with Gasteiger partial charge in [0.1, 0.15) is 28.6 Å². The number of hydrogen-bond acceptors (Lipinski definition) is 10. The number of ketones is 2. The zero-order valence-electron chi connectivity index (χ0n) is 23.7. The predicted molar refractivity (Wildman–Crippen MR) is 154 cm³/mol. The maximum atomic E-state index is 13.8. The van der Waals surface area contributed by atoms with E-state index in [0.717, 1.165) is 24.2 Å². The first-order valence-electron chi connectivity index (χ1n) is 13.7. The number of ether oxygens (including phenoxy) is 1. The molecule has 5 rings (SSSR count). The molecule has 0 radical (unpaired) electrons. The second-order valence-electron chi connectivity index (χ2n) is 11.4. The van der Waals surface area contributed by atoms with Crippen LogP contribution < -0.4 is 15.8 Å². The summed E-state index contributed by atoms with van der Waals surface area (Å²) in [7, 11) is 5.55. The van der Waals surface area contributed by atoms with Crippen LogP contribution in [-0.4, -0.2) is 82.7 Å². The van der Waals surface area contributed by atoms with Gasteiger partial charge in [0.15, 0.2) is 11.4 Å². The highest BCUT2D eigenvalue weighted by atomic mass is 16.5. The van der Waals surface area contributed by atoms with Gasteiger partial charge in [-0.1, -0.05) is 12.1 Å². The number of phenolic OH excluding ortho intramolecular Hbond substituents is 1. The molecule has 0 aromatic heterocycles. The minimum Gasteiger partial charge on any atom is -0.508 e. The molecule has 0 aliphatic heterocycles. The van der Waals surface area contributed by atoms with Gasteiger partial charge in [0.05, 0.1) is 12.7 Å². The van der Waals surface area contributed by atoms with Crippen LogP contribution in [0.3, 0.4) is 0 Å². The number of carbonyl (C=O) groups is 3. The molecule has 2 aromatic carbocycles. The second-order valence-corrected chi connectivity index (χ2v) is 11.4. The van der Waals surface area contributed by atoms with Crippen LogP contribution in [0.2, 0.25) is 0 Å². The first-order chi connectivity index (χ1) is 19.9. The molecule has 7 N–H and O–H groups in total. The Morgan fingerprint density at radius 2 is 1.86 bits per heavy atom. The van der Waals surface area contributed by atoms with Crippen molar-refractivity contribution in [3.05, 3.63) is 63.9 Å². The van der Waals surface area contributed by atoms with Crippen molar-refractivity contribution in [2.45, 2.75) is 31.4 Å². The lowest BCUT2D eigenvalue weighted by molar-refractivity contribution is -0.147. The van der Waals surface area contributed by atoms with Crippen LogP contribution in [0, 0.1) is 11.8 Å². The van der Waals surface area contributed by atoms with Gasteiger partial charge >= 0.3 is 0 Å². The van der Waals surface area contributed by atoms with Crippen molar-refractivity contribution in [1.29, 1.82) is 0 Å². The third kappa shape index (κ3) is 4.63. The highest BCUT2D eigenvalue weighted by molar-refractivity contribution is 6.22. The molecule has 1 amide bonds. The number of primary amides is 1. The van der Waals surface area contributed by atoms with Crippen molar-refractivity contribution >= 4 is 23.2 Å². The summed E-state index contributed by atoms with van der Waals surface area (Å²) in [6, 6.07) is 8.92. The van der Waals surface area contributed by atoms with Gasteiger partial charge in [-0.25, -0.2) is 0 Å². The molecule has 3 atom stereocenters. The third-order valence-electron chi connectivity index (χ3n) is 8.57. The van der Waals surface area contributed by atoms with E-state index in [1.165, 1.54) is 6.07 Å².